The van der Waals surface area contributed by atoms with Crippen molar-refractivity contribution in [3.8, 4) is 0 Å². The quantitative estimate of drug-likeness (QED) is 0.412. The van der Waals surface area contributed by atoms with Crippen LogP contribution in [0.5, 0.6) is 0 Å². The Labute approximate surface area is 162 Å². The average molecular weight is 365 g/mol. The van der Waals surface area contributed by atoms with Gasteiger partial charge >= 0.3 is 5.97 Å². The maximum atomic E-state index is 10.2. The largest absolute Gasteiger partial charge is 0.478 e. The number of nitrogens with zero attached hydrogens (tertiary/aromatic N) is 1. The lowest BCUT2D eigenvalue weighted by atomic mass is 10.1. The van der Waals surface area contributed by atoms with E-state index in [0.29, 0.717) is 5.56 Å². The number of hydrogen-bond acceptors (Lipinski definition) is 1. The third-order valence-corrected chi connectivity index (χ3v) is 4.96. The fraction of sp³-hybridized carbons (Fsp3) is 0.696. The number of unbranched alkanes of at least 4 members (excludes halogenated alkanes) is 4. The minimum Gasteiger partial charge on any atom is -0.478 e. The van der Waals surface area contributed by atoms with Gasteiger partial charge in [0.15, 0.2) is 0 Å². The van der Waals surface area contributed by atoms with Gasteiger partial charge in [-0.25, -0.2) is 4.79 Å². The van der Waals surface area contributed by atoms with Gasteiger partial charge in [0.2, 0.25) is 0 Å². The predicted molar refractivity (Wildman–Crippen MR) is 113 cm³/mol. The van der Waals surface area contributed by atoms with E-state index in [0.717, 1.165) is 0 Å². The number of aromatic carboxylic acids is 1. The smallest absolute Gasteiger partial charge is 0.335 e. The van der Waals surface area contributed by atoms with Crippen molar-refractivity contribution in [2.45, 2.75) is 79.1 Å². The standard InChI is InChI=1S/C16H36N.C7H6O2/c1-5-9-13-17(14-10-6-2,15-11-7-3)16-12-8-4;8-7(9)6-4-2-1-3-5-6/h5-16H2,1-4H3;1-5H,(H,8,9)/q+1;. The van der Waals surface area contributed by atoms with E-state index in [2.05, 4.69) is 27.7 Å². The third kappa shape index (κ3) is 11.3. The van der Waals surface area contributed by atoms with Crippen molar-refractivity contribution >= 4 is 5.97 Å². The number of benzene rings is 1. The average Bonchev–Trinajstić information content (AvgIpc) is 2.68. The summed E-state index contributed by atoms with van der Waals surface area (Å²) < 4.78 is 1.42. The molecule has 0 spiro atoms. The second-order valence-electron chi connectivity index (χ2n) is 7.32. The van der Waals surface area contributed by atoms with Gasteiger partial charge in [-0.1, -0.05) is 71.6 Å². The van der Waals surface area contributed by atoms with Gasteiger partial charge < -0.3 is 9.59 Å². The molecule has 3 nitrogen and oxygen atoms in total. The lowest BCUT2D eigenvalue weighted by Crippen LogP contribution is -2.50. The first-order valence-electron chi connectivity index (χ1n) is 10.7. The fourth-order valence-electron chi connectivity index (χ4n) is 3.23. The van der Waals surface area contributed by atoms with Gasteiger partial charge in [0.25, 0.3) is 0 Å². The van der Waals surface area contributed by atoms with E-state index >= 15 is 0 Å². The van der Waals surface area contributed by atoms with Crippen LogP contribution in [0.1, 0.15) is 89.4 Å². The summed E-state index contributed by atoms with van der Waals surface area (Å²) in [5.74, 6) is -0.879. The molecule has 1 rings (SSSR count). The summed E-state index contributed by atoms with van der Waals surface area (Å²) in [4.78, 5) is 10.2. The lowest BCUT2D eigenvalue weighted by molar-refractivity contribution is -0.929. The monoisotopic (exact) mass is 364 g/mol. The minimum absolute atomic E-state index is 0.331. The molecule has 0 fully saturated rings. The molecule has 0 saturated carbocycles. The van der Waals surface area contributed by atoms with E-state index in [1.165, 1.54) is 82.0 Å². The molecule has 26 heavy (non-hydrogen) atoms. The van der Waals surface area contributed by atoms with E-state index < -0.39 is 5.97 Å². The molecular formula is C23H42NO2+. The first kappa shape index (κ1) is 24.7. The minimum atomic E-state index is -0.879. The van der Waals surface area contributed by atoms with Gasteiger partial charge in [-0.2, -0.15) is 0 Å². The Balaban J connectivity index is 0.000000577. The number of rotatable bonds is 13. The molecule has 0 unspecified atom stereocenters. The molecule has 0 radical (unpaired) electrons. The van der Waals surface area contributed by atoms with Gasteiger partial charge in [-0.3, -0.25) is 0 Å². The van der Waals surface area contributed by atoms with Gasteiger partial charge in [-0.15, -0.1) is 0 Å². The van der Waals surface area contributed by atoms with Gasteiger partial charge in [0.1, 0.15) is 0 Å². The van der Waals surface area contributed by atoms with Crippen LogP contribution in [-0.4, -0.2) is 41.7 Å². The molecule has 0 amide bonds. The zero-order chi connectivity index (χ0) is 19.7. The van der Waals surface area contributed by atoms with Crippen LogP contribution in [-0.2, 0) is 0 Å². The van der Waals surface area contributed by atoms with E-state index in [4.69, 9.17) is 5.11 Å². The number of carboxylic acids is 1. The van der Waals surface area contributed by atoms with Crippen LogP contribution < -0.4 is 0 Å². The Morgan fingerprint density at radius 2 is 1.08 bits per heavy atom. The molecule has 150 valence electrons. The van der Waals surface area contributed by atoms with Crippen molar-refractivity contribution in [2.24, 2.45) is 0 Å². The van der Waals surface area contributed by atoms with E-state index in [1.807, 2.05) is 0 Å². The van der Waals surface area contributed by atoms with Crippen LogP contribution in [0.25, 0.3) is 0 Å². The molecule has 0 heterocycles. The number of quaternary nitrogens is 1. The topological polar surface area (TPSA) is 37.3 Å². The first-order chi connectivity index (χ1) is 12.5. The van der Waals surface area contributed by atoms with Crippen molar-refractivity contribution in [3.05, 3.63) is 35.9 Å². The molecule has 0 aromatic heterocycles. The van der Waals surface area contributed by atoms with E-state index in [-0.39, 0.29) is 0 Å². The number of carbonyl (C=O) groups is 1. The normalized spacial score (nSPS) is 10.9. The van der Waals surface area contributed by atoms with Crippen LogP contribution in [0.15, 0.2) is 30.3 Å². The first-order valence-corrected chi connectivity index (χ1v) is 10.7. The van der Waals surface area contributed by atoms with Gasteiger partial charge in [-0.05, 0) is 37.8 Å². The Morgan fingerprint density at radius 1 is 0.731 bits per heavy atom. The van der Waals surface area contributed by atoms with E-state index in [9.17, 15) is 4.79 Å². The molecule has 1 aromatic carbocycles. The van der Waals surface area contributed by atoms with E-state index in [1.54, 1.807) is 30.3 Å². The highest BCUT2D eigenvalue weighted by Gasteiger charge is 2.24. The summed E-state index contributed by atoms with van der Waals surface area (Å²) in [5, 5.41) is 8.38. The zero-order valence-electron chi connectivity index (χ0n) is 17.7. The van der Waals surface area contributed by atoms with Crippen LogP contribution in [0.2, 0.25) is 0 Å². The highest BCUT2D eigenvalue weighted by Crippen LogP contribution is 2.16. The maximum Gasteiger partial charge on any atom is 0.335 e. The molecule has 0 aliphatic rings. The highest BCUT2D eigenvalue weighted by molar-refractivity contribution is 5.87. The van der Waals surface area contributed by atoms with Crippen molar-refractivity contribution in [2.75, 3.05) is 26.2 Å². The number of carboxylic acid groups (broad SMARTS) is 1. The lowest BCUT2D eigenvalue weighted by Gasteiger charge is -2.39. The maximum absolute atomic E-state index is 10.2. The predicted octanol–water partition coefficient (Wildman–Crippen LogP) is 6.39. The summed E-state index contributed by atoms with van der Waals surface area (Å²) in [5.41, 5.74) is 0.331. The molecule has 1 N–H and O–H groups in total. The molecule has 0 atom stereocenters. The number of hydrogen-bond donors (Lipinski definition) is 1. The van der Waals surface area contributed by atoms with Crippen LogP contribution in [0.4, 0.5) is 0 Å². The van der Waals surface area contributed by atoms with Crippen LogP contribution >= 0.6 is 0 Å². The Hall–Kier alpha value is -1.35. The van der Waals surface area contributed by atoms with Crippen molar-refractivity contribution in [1.82, 2.24) is 0 Å². The Bertz CT molecular complexity index is 407. The zero-order valence-corrected chi connectivity index (χ0v) is 17.7. The SMILES string of the molecule is CCCC[N+](CCCC)(CCCC)CCCC.O=C(O)c1ccccc1. The van der Waals surface area contributed by atoms with Gasteiger partial charge in [0, 0.05) is 0 Å². The van der Waals surface area contributed by atoms with Crippen LogP contribution in [0.3, 0.4) is 0 Å². The summed E-state index contributed by atoms with van der Waals surface area (Å²) in [7, 11) is 0. The molecule has 0 saturated heterocycles. The Morgan fingerprint density at radius 3 is 1.31 bits per heavy atom. The van der Waals surface area contributed by atoms with Crippen molar-refractivity contribution < 1.29 is 14.4 Å². The third-order valence-electron chi connectivity index (χ3n) is 4.96. The molecule has 0 aliphatic carbocycles. The second-order valence-corrected chi connectivity index (χ2v) is 7.32. The molecular weight excluding hydrogens is 322 g/mol. The Kier molecular flexibility index (Phi) is 15.0. The molecule has 1 aromatic rings. The summed E-state index contributed by atoms with van der Waals surface area (Å²) in [6.45, 7) is 15.0. The fourth-order valence-corrected chi connectivity index (χ4v) is 3.23. The van der Waals surface area contributed by atoms with Crippen LogP contribution in [0, 0.1) is 0 Å². The highest BCUT2D eigenvalue weighted by atomic mass is 16.4. The summed E-state index contributed by atoms with van der Waals surface area (Å²) in [6.07, 6.45) is 11.1. The molecule has 0 bridgehead atoms. The molecule has 0 aliphatic heterocycles. The van der Waals surface area contributed by atoms with Crippen molar-refractivity contribution in [3.63, 3.8) is 0 Å². The van der Waals surface area contributed by atoms with Crippen molar-refractivity contribution in [1.29, 1.82) is 0 Å². The summed E-state index contributed by atoms with van der Waals surface area (Å²) >= 11 is 0. The second kappa shape index (κ2) is 15.9. The molecule has 3 heteroatoms. The summed E-state index contributed by atoms with van der Waals surface area (Å²) in [6, 6.07) is 8.30. The van der Waals surface area contributed by atoms with Gasteiger partial charge in [0.05, 0.1) is 31.7 Å².